The maximum Gasteiger partial charge on any atom is 0.346 e. The second-order valence-corrected chi connectivity index (χ2v) is 5.93. The fourth-order valence-electron chi connectivity index (χ4n) is 2.99. The topological polar surface area (TPSA) is 87.4 Å². The van der Waals surface area contributed by atoms with Gasteiger partial charge < -0.3 is 14.8 Å². The molecule has 8 heteroatoms. The Morgan fingerprint density at radius 1 is 1.25 bits per heavy atom. The number of nitrogens with zero attached hydrogens (tertiary/aromatic N) is 3. The molecule has 0 bridgehead atoms. The molecule has 0 spiro atoms. The van der Waals surface area contributed by atoms with E-state index >= 15 is 0 Å². The second kappa shape index (κ2) is 6.03. The lowest BCUT2D eigenvalue weighted by Crippen LogP contribution is -2.33. The summed E-state index contributed by atoms with van der Waals surface area (Å²) in [5.41, 5.74) is 0.701. The molecular formula is C16H18N4O4. The Labute approximate surface area is 138 Å². The molecule has 0 radical (unpaired) electrons. The third kappa shape index (κ3) is 2.75. The van der Waals surface area contributed by atoms with Crippen molar-refractivity contribution in [1.82, 2.24) is 19.7 Å². The number of benzene rings is 1. The number of aromatic nitrogens is 3. The number of hydrogen-bond donors (Lipinski definition) is 1. The monoisotopic (exact) mass is 330 g/mol. The first kappa shape index (κ1) is 14.8. The molecule has 0 atom stereocenters. The van der Waals surface area contributed by atoms with Crippen LogP contribution in [0, 0.1) is 0 Å². The molecule has 2 aromatic rings. The number of carbonyl (C=O) groups is 1. The van der Waals surface area contributed by atoms with Gasteiger partial charge in [-0.2, -0.15) is 5.10 Å². The summed E-state index contributed by atoms with van der Waals surface area (Å²) in [6, 6.07) is 5.52. The van der Waals surface area contributed by atoms with Gasteiger partial charge in [-0.1, -0.05) is 6.07 Å². The van der Waals surface area contributed by atoms with Crippen LogP contribution in [0.2, 0.25) is 0 Å². The van der Waals surface area contributed by atoms with E-state index in [0.29, 0.717) is 24.6 Å². The molecule has 8 nitrogen and oxygen atoms in total. The van der Waals surface area contributed by atoms with Gasteiger partial charge in [0.15, 0.2) is 11.5 Å². The Balaban J connectivity index is 1.39. The Bertz CT molecular complexity index is 839. The van der Waals surface area contributed by atoms with Crippen LogP contribution in [0.15, 0.2) is 23.0 Å². The maximum atomic E-state index is 12.2. The predicted octanol–water partition coefficient (Wildman–Crippen LogP) is 0.426. The zero-order valence-corrected chi connectivity index (χ0v) is 13.2. The molecule has 0 unspecified atom stereocenters. The van der Waals surface area contributed by atoms with Crippen molar-refractivity contribution in [3.63, 3.8) is 0 Å². The van der Waals surface area contributed by atoms with Crippen LogP contribution in [0.4, 0.5) is 0 Å². The summed E-state index contributed by atoms with van der Waals surface area (Å²) < 4.78 is 13.5. The summed E-state index contributed by atoms with van der Waals surface area (Å²) in [6.07, 6.45) is 2.81. The van der Waals surface area contributed by atoms with Crippen LogP contribution in [0.5, 0.6) is 11.5 Å². The average Bonchev–Trinajstić information content (AvgIpc) is 3.18. The lowest BCUT2D eigenvalue weighted by molar-refractivity contribution is -0.122. The summed E-state index contributed by atoms with van der Waals surface area (Å²) in [4.78, 5) is 24.3. The molecular weight excluding hydrogens is 312 g/mol. The first-order valence-corrected chi connectivity index (χ1v) is 8.02. The highest BCUT2D eigenvalue weighted by Crippen LogP contribution is 2.32. The number of rotatable bonds is 4. The molecule has 2 aliphatic heterocycles. The van der Waals surface area contributed by atoms with Gasteiger partial charge in [0.1, 0.15) is 12.4 Å². The summed E-state index contributed by atoms with van der Waals surface area (Å²) in [7, 11) is 0. The lowest BCUT2D eigenvalue weighted by atomic mass is 10.2. The summed E-state index contributed by atoms with van der Waals surface area (Å²) in [5.74, 6) is 1.92. The van der Waals surface area contributed by atoms with Crippen LogP contribution >= 0.6 is 0 Å². The van der Waals surface area contributed by atoms with Gasteiger partial charge in [0.25, 0.3) is 0 Å². The number of aryl methyl sites for hydroxylation is 1. The number of ether oxygens (including phenoxy) is 2. The van der Waals surface area contributed by atoms with Crippen molar-refractivity contribution in [2.24, 2.45) is 0 Å². The molecule has 126 valence electrons. The van der Waals surface area contributed by atoms with Crippen molar-refractivity contribution in [2.75, 3.05) is 6.79 Å². The van der Waals surface area contributed by atoms with Gasteiger partial charge in [-0.3, -0.25) is 9.36 Å². The average molecular weight is 330 g/mol. The van der Waals surface area contributed by atoms with Crippen molar-refractivity contribution in [3.05, 3.63) is 40.1 Å². The summed E-state index contributed by atoms with van der Waals surface area (Å²) in [5, 5.41) is 7.06. The third-order valence-corrected chi connectivity index (χ3v) is 4.25. The van der Waals surface area contributed by atoms with Crippen LogP contribution in [0.3, 0.4) is 0 Å². The quantitative estimate of drug-likeness (QED) is 0.878. The molecule has 4 rings (SSSR count). The molecule has 2 aliphatic rings. The van der Waals surface area contributed by atoms with Gasteiger partial charge in [0, 0.05) is 19.5 Å². The molecule has 1 aromatic carbocycles. The van der Waals surface area contributed by atoms with Crippen molar-refractivity contribution in [1.29, 1.82) is 0 Å². The fraction of sp³-hybridized carbons (Fsp3) is 0.438. The van der Waals surface area contributed by atoms with E-state index in [9.17, 15) is 9.59 Å². The molecule has 3 heterocycles. The number of nitrogens with one attached hydrogen (secondary N) is 1. The van der Waals surface area contributed by atoms with E-state index in [-0.39, 0.29) is 24.9 Å². The molecule has 0 saturated heterocycles. The third-order valence-electron chi connectivity index (χ3n) is 4.25. The van der Waals surface area contributed by atoms with E-state index in [1.54, 1.807) is 4.57 Å². The molecule has 24 heavy (non-hydrogen) atoms. The largest absolute Gasteiger partial charge is 0.454 e. The van der Waals surface area contributed by atoms with Crippen LogP contribution < -0.4 is 20.5 Å². The van der Waals surface area contributed by atoms with Crippen molar-refractivity contribution in [3.8, 4) is 11.5 Å². The summed E-state index contributed by atoms with van der Waals surface area (Å²) >= 11 is 0. The number of amides is 1. The van der Waals surface area contributed by atoms with E-state index in [4.69, 9.17) is 9.47 Å². The molecule has 0 saturated carbocycles. The fourth-order valence-corrected chi connectivity index (χ4v) is 2.99. The highest BCUT2D eigenvalue weighted by atomic mass is 16.7. The Morgan fingerprint density at radius 3 is 3.00 bits per heavy atom. The van der Waals surface area contributed by atoms with E-state index in [2.05, 4.69) is 10.4 Å². The Hall–Kier alpha value is -2.77. The smallest absolute Gasteiger partial charge is 0.346 e. The molecule has 1 N–H and O–H groups in total. The lowest BCUT2D eigenvalue weighted by Gasteiger charge is -2.09. The van der Waals surface area contributed by atoms with E-state index in [1.807, 2.05) is 18.2 Å². The standard InChI is InChI=1S/C16H18N4O4/c21-15(9-20-16(22)19-6-2-1-3-14(19)18-20)17-8-11-4-5-12-13(7-11)24-10-23-12/h4-5,7H,1-3,6,8-10H2,(H,17,21). The zero-order valence-electron chi connectivity index (χ0n) is 13.2. The normalized spacial score (nSPS) is 15.2. The molecule has 0 fully saturated rings. The zero-order chi connectivity index (χ0) is 16.5. The van der Waals surface area contributed by atoms with Crippen LogP contribution in [-0.4, -0.2) is 27.0 Å². The van der Waals surface area contributed by atoms with E-state index in [1.165, 1.54) is 4.68 Å². The highest BCUT2D eigenvalue weighted by Gasteiger charge is 2.18. The predicted molar refractivity (Wildman–Crippen MR) is 83.8 cm³/mol. The van der Waals surface area contributed by atoms with Gasteiger partial charge in [0.05, 0.1) is 0 Å². The molecule has 1 aromatic heterocycles. The Kier molecular flexibility index (Phi) is 3.72. The number of fused-ring (bicyclic) bond motifs is 2. The second-order valence-electron chi connectivity index (χ2n) is 5.93. The van der Waals surface area contributed by atoms with E-state index < -0.39 is 0 Å². The number of hydrogen-bond acceptors (Lipinski definition) is 5. The van der Waals surface area contributed by atoms with Gasteiger partial charge in [-0.15, -0.1) is 0 Å². The maximum absolute atomic E-state index is 12.2. The molecule has 0 aliphatic carbocycles. The minimum Gasteiger partial charge on any atom is -0.454 e. The Morgan fingerprint density at radius 2 is 2.12 bits per heavy atom. The number of carbonyl (C=O) groups excluding carboxylic acids is 1. The van der Waals surface area contributed by atoms with E-state index in [0.717, 1.165) is 30.7 Å². The van der Waals surface area contributed by atoms with Crippen molar-refractivity contribution < 1.29 is 14.3 Å². The first-order chi connectivity index (χ1) is 11.7. The minimum absolute atomic E-state index is 0.0661. The van der Waals surface area contributed by atoms with Crippen LogP contribution in [0.1, 0.15) is 24.2 Å². The van der Waals surface area contributed by atoms with Gasteiger partial charge in [-0.05, 0) is 30.5 Å². The summed E-state index contributed by atoms with van der Waals surface area (Å²) in [6.45, 7) is 1.20. The molecule has 1 amide bonds. The van der Waals surface area contributed by atoms with Gasteiger partial charge >= 0.3 is 5.69 Å². The van der Waals surface area contributed by atoms with Gasteiger partial charge in [0.2, 0.25) is 12.7 Å². The minimum atomic E-state index is -0.245. The first-order valence-electron chi connectivity index (χ1n) is 8.02. The van der Waals surface area contributed by atoms with Crippen LogP contribution in [0.25, 0.3) is 0 Å². The highest BCUT2D eigenvalue weighted by molar-refractivity contribution is 5.75. The van der Waals surface area contributed by atoms with Crippen LogP contribution in [-0.2, 0) is 30.8 Å². The van der Waals surface area contributed by atoms with Crippen molar-refractivity contribution >= 4 is 5.91 Å². The SMILES string of the molecule is O=C(Cn1nc2n(c1=O)CCCC2)NCc1ccc2c(c1)OCO2. The van der Waals surface area contributed by atoms with Gasteiger partial charge in [-0.25, -0.2) is 9.48 Å². The van der Waals surface area contributed by atoms with Crippen molar-refractivity contribution in [2.45, 2.75) is 38.9 Å².